The minimum atomic E-state index is -1.35. The molecule has 3 amide bonds. The van der Waals surface area contributed by atoms with Crippen molar-refractivity contribution in [3.63, 3.8) is 0 Å². The number of carboxylic acid groups (broad SMARTS) is 1. The third kappa shape index (κ3) is 6.84. The highest BCUT2D eigenvalue weighted by molar-refractivity contribution is 6.10. The Kier molecular flexibility index (Phi) is 8.88. The van der Waals surface area contributed by atoms with Crippen molar-refractivity contribution >= 4 is 23.7 Å². The highest BCUT2D eigenvalue weighted by Crippen LogP contribution is 2.23. The van der Waals surface area contributed by atoms with Crippen LogP contribution in [0.3, 0.4) is 0 Å². The zero-order valence-corrected chi connectivity index (χ0v) is 19.9. The number of furan rings is 1. The van der Waals surface area contributed by atoms with Crippen molar-refractivity contribution in [1.82, 2.24) is 15.5 Å². The summed E-state index contributed by atoms with van der Waals surface area (Å²) in [6.45, 7) is 4.27. The van der Waals surface area contributed by atoms with Gasteiger partial charge in [0.1, 0.15) is 11.5 Å². The lowest BCUT2D eigenvalue weighted by atomic mass is 10.1. The molecule has 3 rings (SSSR count). The minimum Gasteiger partial charge on any atom is -0.493 e. The Morgan fingerprint density at radius 2 is 1.83 bits per heavy atom. The van der Waals surface area contributed by atoms with Gasteiger partial charge in [-0.05, 0) is 51.3 Å². The molecule has 35 heavy (non-hydrogen) atoms. The summed E-state index contributed by atoms with van der Waals surface area (Å²) in [4.78, 5) is 50.8. The number of ether oxygens (including phenoxy) is 1. The summed E-state index contributed by atoms with van der Waals surface area (Å²) < 4.78 is 11.1. The maximum atomic E-state index is 13.3. The molecule has 2 heterocycles. The molecule has 1 saturated heterocycles. The van der Waals surface area contributed by atoms with Crippen LogP contribution >= 0.6 is 0 Å². The number of carbonyl (C=O) groups excluding carboxylic acids is 3. The number of para-hydroxylation sites is 1. The number of rotatable bonds is 12. The predicted octanol–water partition coefficient (Wildman–Crippen LogP) is 2.40. The number of hydrogen-bond acceptors (Lipinski definition) is 6. The Balaban J connectivity index is 1.64. The highest BCUT2D eigenvalue weighted by Gasteiger charge is 2.42. The van der Waals surface area contributed by atoms with Gasteiger partial charge in [0.05, 0.1) is 12.9 Å². The quantitative estimate of drug-likeness (QED) is 0.310. The zero-order valence-electron chi connectivity index (χ0n) is 19.9. The lowest BCUT2D eigenvalue weighted by molar-refractivity contribution is -0.148. The van der Waals surface area contributed by atoms with E-state index in [1.54, 1.807) is 18.2 Å². The van der Waals surface area contributed by atoms with Gasteiger partial charge in [-0.25, -0.2) is 0 Å². The molecule has 0 bridgehead atoms. The number of piperazine rings is 1. The number of nitrogens with zero attached hydrogens (tertiary/aromatic N) is 1. The molecule has 0 aliphatic carbocycles. The van der Waals surface area contributed by atoms with Gasteiger partial charge in [-0.1, -0.05) is 18.2 Å². The second-order valence-corrected chi connectivity index (χ2v) is 8.62. The number of aliphatic carboxylic acids is 1. The average Bonchev–Trinajstić information content (AvgIpc) is 3.35. The van der Waals surface area contributed by atoms with Gasteiger partial charge in [0.2, 0.25) is 0 Å². The van der Waals surface area contributed by atoms with Crippen LogP contribution in [-0.4, -0.2) is 52.4 Å². The fraction of sp³-hybridized carbons (Fsp3) is 0.440. The molecule has 1 fully saturated rings. The number of unbranched alkanes of at least 4 members (excludes halogenated alkanes) is 2. The van der Waals surface area contributed by atoms with Crippen LogP contribution in [0.15, 0.2) is 47.1 Å². The normalized spacial score (nSPS) is 17.6. The summed E-state index contributed by atoms with van der Waals surface area (Å²) in [6, 6.07) is 7.91. The molecule has 1 aliphatic rings. The van der Waals surface area contributed by atoms with Gasteiger partial charge in [0, 0.05) is 24.6 Å². The summed E-state index contributed by atoms with van der Waals surface area (Å²) in [5, 5.41) is 13.8. The SMILES string of the molecule is CC(C)N(Cc1ccccc1OCCCCCC(=O)O)C(=O)C1NC(=O)C(c2ccco2)NC1=O. The Hall–Kier alpha value is -3.82. The fourth-order valence-electron chi connectivity index (χ4n) is 3.79. The molecule has 1 aromatic carbocycles. The first-order valence-corrected chi connectivity index (χ1v) is 11.6. The van der Waals surface area contributed by atoms with Crippen molar-refractivity contribution in [1.29, 1.82) is 0 Å². The van der Waals surface area contributed by atoms with E-state index in [2.05, 4.69) is 10.6 Å². The summed E-state index contributed by atoms with van der Waals surface area (Å²) in [7, 11) is 0. The third-order valence-corrected chi connectivity index (χ3v) is 5.68. The zero-order chi connectivity index (χ0) is 25.4. The largest absolute Gasteiger partial charge is 0.493 e. The summed E-state index contributed by atoms with van der Waals surface area (Å²) in [5.41, 5.74) is 0.760. The van der Waals surface area contributed by atoms with E-state index in [1.165, 1.54) is 11.2 Å². The molecular formula is C25H31N3O7. The highest BCUT2D eigenvalue weighted by atomic mass is 16.5. The topological polar surface area (TPSA) is 138 Å². The molecule has 188 valence electrons. The van der Waals surface area contributed by atoms with Crippen LogP contribution in [0.2, 0.25) is 0 Å². The first-order chi connectivity index (χ1) is 16.8. The smallest absolute Gasteiger partial charge is 0.303 e. The first kappa shape index (κ1) is 25.8. The van der Waals surface area contributed by atoms with Crippen molar-refractivity contribution in [3.8, 4) is 5.75 Å². The van der Waals surface area contributed by atoms with Gasteiger partial charge in [-0.2, -0.15) is 0 Å². The van der Waals surface area contributed by atoms with Crippen molar-refractivity contribution in [3.05, 3.63) is 54.0 Å². The van der Waals surface area contributed by atoms with Crippen molar-refractivity contribution < 1.29 is 33.4 Å². The standard InChI is InChI=1S/C25H31N3O7/c1-16(2)28(15-17-9-5-6-10-18(17)34-13-7-3-4-12-20(29)30)25(33)22-24(32)26-21(23(31)27-22)19-11-8-14-35-19/h5-6,8-11,14,16,21-22H,3-4,7,12-13,15H2,1-2H3,(H,26,32)(H,27,31)(H,29,30). The molecule has 1 aromatic heterocycles. The van der Waals surface area contributed by atoms with Gasteiger partial charge < -0.3 is 29.8 Å². The van der Waals surface area contributed by atoms with Crippen molar-refractivity contribution in [2.24, 2.45) is 0 Å². The van der Waals surface area contributed by atoms with E-state index in [-0.39, 0.29) is 24.8 Å². The van der Waals surface area contributed by atoms with Crippen molar-refractivity contribution in [2.45, 2.75) is 64.2 Å². The Morgan fingerprint density at radius 3 is 2.51 bits per heavy atom. The molecule has 2 unspecified atom stereocenters. The lowest BCUT2D eigenvalue weighted by Crippen LogP contribution is -2.63. The summed E-state index contributed by atoms with van der Waals surface area (Å²) in [5.74, 6) is -1.56. The van der Waals surface area contributed by atoms with E-state index in [4.69, 9.17) is 14.3 Å². The van der Waals surface area contributed by atoms with E-state index in [0.717, 1.165) is 12.0 Å². The van der Waals surface area contributed by atoms with E-state index in [1.807, 2.05) is 32.0 Å². The maximum Gasteiger partial charge on any atom is 0.303 e. The third-order valence-electron chi connectivity index (χ3n) is 5.68. The molecule has 0 spiro atoms. The molecule has 3 N–H and O–H groups in total. The number of carbonyl (C=O) groups is 4. The monoisotopic (exact) mass is 485 g/mol. The molecule has 2 atom stereocenters. The predicted molar refractivity (Wildman–Crippen MR) is 125 cm³/mol. The van der Waals surface area contributed by atoms with Gasteiger partial charge in [-0.15, -0.1) is 0 Å². The summed E-state index contributed by atoms with van der Waals surface area (Å²) in [6.07, 6.45) is 3.57. The molecule has 0 saturated carbocycles. The van der Waals surface area contributed by atoms with Crippen LogP contribution in [0.1, 0.15) is 56.9 Å². The second kappa shape index (κ2) is 12.0. The van der Waals surface area contributed by atoms with E-state index in [0.29, 0.717) is 25.2 Å². The Labute approximate surface area is 203 Å². The van der Waals surface area contributed by atoms with Gasteiger partial charge in [0.25, 0.3) is 17.7 Å². The van der Waals surface area contributed by atoms with Gasteiger partial charge in [0.15, 0.2) is 12.1 Å². The van der Waals surface area contributed by atoms with E-state index >= 15 is 0 Å². The van der Waals surface area contributed by atoms with Gasteiger partial charge in [-0.3, -0.25) is 19.2 Å². The van der Waals surface area contributed by atoms with Crippen LogP contribution in [0.5, 0.6) is 5.75 Å². The number of benzene rings is 1. The molecule has 10 heteroatoms. The van der Waals surface area contributed by atoms with E-state index in [9.17, 15) is 19.2 Å². The number of amides is 3. The Bertz CT molecular complexity index is 1040. The number of hydrogen-bond donors (Lipinski definition) is 3. The molecule has 2 aromatic rings. The molecular weight excluding hydrogens is 454 g/mol. The molecule has 10 nitrogen and oxygen atoms in total. The molecule has 0 radical (unpaired) electrons. The van der Waals surface area contributed by atoms with Crippen LogP contribution in [0, 0.1) is 0 Å². The lowest BCUT2D eigenvalue weighted by Gasteiger charge is -2.34. The first-order valence-electron chi connectivity index (χ1n) is 11.6. The minimum absolute atomic E-state index is 0.135. The van der Waals surface area contributed by atoms with Crippen LogP contribution < -0.4 is 15.4 Å². The fourth-order valence-corrected chi connectivity index (χ4v) is 3.79. The average molecular weight is 486 g/mol. The van der Waals surface area contributed by atoms with Crippen LogP contribution in [-0.2, 0) is 25.7 Å². The number of nitrogens with one attached hydrogen (secondary N) is 2. The summed E-state index contributed by atoms with van der Waals surface area (Å²) >= 11 is 0. The van der Waals surface area contributed by atoms with Crippen LogP contribution in [0.25, 0.3) is 0 Å². The Morgan fingerprint density at radius 1 is 1.06 bits per heavy atom. The number of carboxylic acids is 1. The van der Waals surface area contributed by atoms with Gasteiger partial charge >= 0.3 is 5.97 Å². The van der Waals surface area contributed by atoms with E-state index < -0.39 is 35.8 Å². The van der Waals surface area contributed by atoms with Crippen molar-refractivity contribution in [2.75, 3.05) is 6.61 Å². The maximum absolute atomic E-state index is 13.3. The second-order valence-electron chi connectivity index (χ2n) is 8.62. The van der Waals surface area contributed by atoms with Crippen LogP contribution in [0.4, 0.5) is 0 Å². The molecule has 1 aliphatic heterocycles.